The topological polar surface area (TPSA) is 81.2 Å². The number of aromatic nitrogens is 1. The Balaban J connectivity index is 2.28. The van der Waals surface area contributed by atoms with E-state index >= 15 is 0 Å². The summed E-state index contributed by atoms with van der Waals surface area (Å²) in [7, 11) is 0. The molecular weight excluding hydrogens is 294 g/mol. The monoisotopic (exact) mass is 309 g/mol. The third-order valence-corrected chi connectivity index (χ3v) is 2.98. The highest BCUT2D eigenvalue weighted by molar-refractivity contribution is 6.30. The number of rotatable bonds is 4. The van der Waals surface area contributed by atoms with E-state index in [0.29, 0.717) is 28.8 Å². The van der Waals surface area contributed by atoms with Crippen LogP contribution < -0.4 is 5.32 Å². The zero-order valence-electron chi connectivity index (χ0n) is 12.0. The molecule has 112 valence electrons. The predicted octanol–water partition coefficient (Wildman–Crippen LogP) is 3.79. The molecule has 6 nitrogen and oxygen atoms in total. The van der Waals surface area contributed by atoms with Crippen LogP contribution in [-0.2, 0) is 6.54 Å². The van der Waals surface area contributed by atoms with E-state index in [1.54, 1.807) is 12.1 Å². The number of hydrogen-bond donors (Lipinski definition) is 1. The van der Waals surface area contributed by atoms with Gasteiger partial charge in [-0.2, -0.15) is 0 Å². The lowest BCUT2D eigenvalue weighted by Crippen LogP contribution is -2.35. The molecule has 0 saturated carbocycles. The Bertz CT molecular complexity index is 662. The van der Waals surface area contributed by atoms with Crippen LogP contribution in [-0.4, -0.2) is 15.4 Å². The van der Waals surface area contributed by atoms with Crippen molar-refractivity contribution < 1.29 is 9.34 Å². The first-order chi connectivity index (χ1) is 9.76. The van der Waals surface area contributed by atoms with Gasteiger partial charge in [0, 0.05) is 16.6 Å². The second-order valence-corrected chi connectivity index (χ2v) is 6.08. The molecule has 0 aliphatic heterocycles. The van der Waals surface area contributed by atoms with Gasteiger partial charge in [0.25, 0.3) is 5.69 Å². The number of nitro benzene ring substituents is 1. The van der Waals surface area contributed by atoms with Gasteiger partial charge in [-0.15, -0.1) is 0 Å². The van der Waals surface area contributed by atoms with E-state index < -0.39 is 4.92 Å². The quantitative estimate of drug-likeness (QED) is 0.686. The number of oxazole rings is 1. The summed E-state index contributed by atoms with van der Waals surface area (Å²) >= 11 is 5.79. The van der Waals surface area contributed by atoms with Crippen molar-refractivity contribution in [3.8, 4) is 11.3 Å². The Morgan fingerprint density at radius 1 is 1.43 bits per heavy atom. The van der Waals surface area contributed by atoms with Crippen LogP contribution in [0.15, 0.2) is 28.8 Å². The van der Waals surface area contributed by atoms with Gasteiger partial charge in [0.1, 0.15) is 0 Å². The van der Waals surface area contributed by atoms with Gasteiger partial charge in [-0.1, -0.05) is 11.6 Å². The predicted molar refractivity (Wildman–Crippen MR) is 80.2 cm³/mol. The molecule has 1 heterocycles. The maximum atomic E-state index is 11.1. The molecule has 0 amide bonds. The molecule has 1 aromatic carbocycles. The molecule has 0 saturated heterocycles. The van der Waals surface area contributed by atoms with Gasteiger partial charge in [-0.25, -0.2) is 4.98 Å². The van der Waals surface area contributed by atoms with Crippen molar-refractivity contribution in [1.82, 2.24) is 10.3 Å². The zero-order valence-corrected chi connectivity index (χ0v) is 12.8. The number of nitrogens with zero attached hydrogens (tertiary/aromatic N) is 2. The molecular formula is C14H16ClN3O3. The van der Waals surface area contributed by atoms with Crippen molar-refractivity contribution in [1.29, 1.82) is 0 Å². The number of nitrogens with one attached hydrogen (secondary N) is 1. The fourth-order valence-corrected chi connectivity index (χ4v) is 1.89. The van der Waals surface area contributed by atoms with Crippen LogP contribution in [0.1, 0.15) is 26.7 Å². The smallest absolute Gasteiger partial charge is 0.281 e. The van der Waals surface area contributed by atoms with Crippen molar-refractivity contribution in [2.45, 2.75) is 32.9 Å². The Hall–Kier alpha value is -1.92. The van der Waals surface area contributed by atoms with Crippen LogP contribution in [0.25, 0.3) is 11.3 Å². The van der Waals surface area contributed by atoms with Crippen molar-refractivity contribution in [3.05, 3.63) is 45.4 Å². The first kappa shape index (κ1) is 15.5. The van der Waals surface area contributed by atoms with Gasteiger partial charge in [0.2, 0.25) is 5.89 Å². The van der Waals surface area contributed by atoms with E-state index in [-0.39, 0.29) is 11.2 Å². The maximum Gasteiger partial charge on any atom is 0.281 e. The minimum Gasteiger partial charge on any atom is -0.439 e. The SMILES string of the molecule is CC(C)(C)NCc1ncc(-c2ccc(Cl)cc2[N+](=O)[O-])o1. The van der Waals surface area contributed by atoms with Crippen molar-refractivity contribution in [2.75, 3.05) is 0 Å². The van der Waals surface area contributed by atoms with Gasteiger partial charge >= 0.3 is 0 Å². The molecule has 1 N–H and O–H groups in total. The Kier molecular flexibility index (Phi) is 4.29. The van der Waals surface area contributed by atoms with Crippen LogP contribution in [0.3, 0.4) is 0 Å². The fraction of sp³-hybridized carbons (Fsp3) is 0.357. The highest BCUT2D eigenvalue weighted by Crippen LogP contribution is 2.32. The first-order valence-corrected chi connectivity index (χ1v) is 6.78. The third-order valence-electron chi connectivity index (χ3n) is 2.75. The second kappa shape index (κ2) is 5.83. The average molecular weight is 310 g/mol. The molecule has 0 unspecified atom stereocenters. The van der Waals surface area contributed by atoms with Crippen molar-refractivity contribution in [2.24, 2.45) is 0 Å². The summed E-state index contributed by atoms with van der Waals surface area (Å²) in [6.07, 6.45) is 1.48. The summed E-state index contributed by atoms with van der Waals surface area (Å²) in [4.78, 5) is 14.7. The standard InChI is InChI=1S/C14H16ClN3O3/c1-14(2,3)17-8-13-16-7-12(21-13)10-5-4-9(15)6-11(10)18(19)20/h4-7,17H,8H2,1-3H3. The van der Waals surface area contributed by atoms with Gasteiger partial charge in [-0.3, -0.25) is 10.1 Å². The number of nitro groups is 1. The van der Waals surface area contributed by atoms with E-state index in [1.165, 1.54) is 12.3 Å². The molecule has 0 aliphatic carbocycles. The Labute approximate surface area is 127 Å². The normalized spacial score (nSPS) is 11.6. The van der Waals surface area contributed by atoms with E-state index in [1.807, 2.05) is 20.8 Å². The van der Waals surface area contributed by atoms with Crippen molar-refractivity contribution in [3.63, 3.8) is 0 Å². The maximum absolute atomic E-state index is 11.1. The molecule has 1 aromatic heterocycles. The summed E-state index contributed by atoms with van der Waals surface area (Å²) < 4.78 is 5.57. The summed E-state index contributed by atoms with van der Waals surface area (Å²) in [5, 5.41) is 14.6. The molecule has 21 heavy (non-hydrogen) atoms. The minimum atomic E-state index is -0.489. The Morgan fingerprint density at radius 3 is 2.76 bits per heavy atom. The molecule has 0 atom stereocenters. The Morgan fingerprint density at radius 2 is 2.14 bits per heavy atom. The second-order valence-electron chi connectivity index (χ2n) is 5.64. The first-order valence-electron chi connectivity index (χ1n) is 6.40. The molecule has 0 aliphatic rings. The van der Waals surface area contributed by atoms with Crippen molar-refractivity contribution >= 4 is 17.3 Å². The summed E-state index contributed by atoms with van der Waals surface area (Å²) in [6.45, 7) is 6.54. The molecule has 0 fully saturated rings. The number of hydrogen-bond acceptors (Lipinski definition) is 5. The summed E-state index contributed by atoms with van der Waals surface area (Å²) in [5.74, 6) is 0.827. The highest BCUT2D eigenvalue weighted by Gasteiger charge is 2.19. The lowest BCUT2D eigenvalue weighted by atomic mass is 10.1. The van der Waals surface area contributed by atoms with Crippen LogP contribution >= 0.6 is 11.6 Å². The van der Waals surface area contributed by atoms with Crippen LogP contribution in [0.4, 0.5) is 5.69 Å². The summed E-state index contributed by atoms with van der Waals surface area (Å²) in [6, 6.07) is 4.44. The van der Waals surface area contributed by atoms with E-state index in [0.717, 1.165) is 0 Å². The average Bonchev–Trinajstić information content (AvgIpc) is 2.84. The van der Waals surface area contributed by atoms with Gasteiger partial charge in [-0.05, 0) is 32.9 Å². The lowest BCUT2D eigenvalue weighted by molar-refractivity contribution is -0.384. The number of halogens is 1. The van der Waals surface area contributed by atoms with Gasteiger partial charge < -0.3 is 9.73 Å². The van der Waals surface area contributed by atoms with Crippen LogP contribution in [0.5, 0.6) is 0 Å². The minimum absolute atomic E-state index is 0.0685. The van der Waals surface area contributed by atoms with E-state index in [2.05, 4.69) is 10.3 Å². The summed E-state index contributed by atoms with van der Waals surface area (Å²) in [5.41, 5.74) is 0.189. The molecule has 0 spiro atoms. The highest BCUT2D eigenvalue weighted by atomic mass is 35.5. The zero-order chi connectivity index (χ0) is 15.6. The van der Waals surface area contributed by atoms with Crippen LogP contribution in [0.2, 0.25) is 5.02 Å². The number of benzene rings is 1. The molecule has 2 aromatic rings. The molecule has 0 bridgehead atoms. The third kappa shape index (κ3) is 4.03. The molecule has 7 heteroatoms. The van der Waals surface area contributed by atoms with E-state index in [9.17, 15) is 10.1 Å². The lowest BCUT2D eigenvalue weighted by Gasteiger charge is -2.18. The van der Waals surface area contributed by atoms with Crippen LogP contribution in [0, 0.1) is 10.1 Å². The van der Waals surface area contributed by atoms with Gasteiger partial charge in [0.15, 0.2) is 5.76 Å². The fourth-order valence-electron chi connectivity index (χ4n) is 1.72. The molecule has 0 radical (unpaired) electrons. The van der Waals surface area contributed by atoms with E-state index in [4.69, 9.17) is 16.0 Å². The molecule has 2 rings (SSSR count). The largest absolute Gasteiger partial charge is 0.439 e. The van der Waals surface area contributed by atoms with Gasteiger partial charge in [0.05, 0.1) is 23.2 Å².